The van der Waals surface area contributed by atoms with Crippen molar-refractivity contribution in [3.8, 4) is 0 Å². The molecule has 2 fully saturated rings. The van der Waals surface area contributed by atoms with Crippen LogP contribution in [0.2, 0.25) is 0 Å². The fourth-order valence-electron chi connectivity index (χ4n) is 8.73. The molecule has 4 heterocycles. The van der Waals surface area contributed by atoms with Crippen LogP contribution in [0.4, 0.5) is 0 Å². The van der Waals surface area contributed by atoms with Crippen LogP contribution < -0.4 is 0 Å². The van der Waals surface area contributed by atoms with Gasteiger partial charge in [0.2, 0.25) is 11.8 Å². The normalized spacial score (nSPS) is 19.5. The van der Waals surface area contributed by atoms with E-state index in [0.29, 0.717) is 73.3 Å². The quantitative estimate of drug-likeness (QED) is 0.104. The molecule has 62 heavy (non-hydrogen) atoms. The number of aryl methyl sites for hydroxylation is 4. The summed E-state index contributed by atoms with van der Waals surface area (Å²) in [6, 6.07) is 31.0. The summed E-state index contributed by atoms with van der Waals surface area (Å²) >= 11 is 0. The number of carbonyl (C=O) groups excluding carboxylic acids is 2. The zero-order chi connectivity index (χ0) is 43.4. The molecule has 12 nitrogen and oxygen atoms in total. The van der Waals surface area contributed by atoms with Crippen LogP contribution in [0.3, 0.4) is 0 Å². The molecule has 0 bridgehead atoms. The summed E-state index contributed by atoms with van der Waals surface area (Å²) in [7, 11) is 0. The fraction of sp³-hybridized carbons (Fsp3) is 0.440. The van der Waals surface area contributed by atoms with E-state index in [1.807, 2.05) is 114 Å². The van der Waals surface area contributed by atoms with Crippen molar-refractivity contribution in [2.24, 2.45) is 0 Å². The van der Waals surface area contributed by atoms with E-state index < -0.39 is 23.3 Å². The third-order valence-electron chi connectivity index (χ3n) is 11.4. The van der Waals surface area contributed by atoms with E-state index in [4.69, 9.17) is 28.5 Å². The number of amides is 2. The Balaban J connectivity index is 0.974. The van der Waals surface area contributed by atoms with Crippen LogP contribution in [0.5, 0.6) is 0 Å². The first kappa shape index (κ1) is 42.9. The fourth-order valence-corrected chi connectivity index (χ4v) is 8.73. The van der Waals surface area contributed by atoms with Crippen molar-refractivity contribution in [2.75, 3.05) is 13.1 Å². The molecule has 2 aliphatic rings. The minimum Gasteiger partial charge on any atom is -0.371 e. The molecule has 4 atom stereocenters. The van der Waals surface area contributed by atoms with E-state index >= 15 is 0 Å². The molecule has 12 heteroatoms. The Morgan fingerprint density at radius 2 is 0.984 bits per heavy atom. The number of carbonyl (C=O) groups is 2. The predicted octanol–water partition coefficient (Wildman–Crippen LogP) is 9.50. The molecule has 8 rings (SSSR count). The number of hydrogen-bond acceptors (Lipinski definition) is 10. The highest BCUT2D eigenvalue weighted by Gasteiger charge is 2.43. The van der Waals surface area contributed by atoms with Crippen LogP contribution in [-0.4, -0.2) is 78.4 Å². The Hall–Kier alpha value is -5.72. The molecular formula is C50H58N6O6. The molecule has 2 aromatic heterocycles. The highest BCUT2D eigenvalue weighted by atomic mass is 16.5. The lowest BCUT2D eigenvalue weighted by molar-refractivity contribution is -0.0539. The number of likely N-dealkylation sites (tertiary alicyclic amines) is 2. The average molecular weight is 839 g/mol. The summed E-state index contributed by atoms with van der Waals surface area (Å²) < 4.78 is 24.4. The van der Waals surface area contributed by atoms with Crippen LogP contribution in [0.15, 0.2) is 106 Å². The minimum absolute atomic E-state index is 0.148. The first-order valence-corrected chi connectivity index (χ1v) is 22.0. The van der Waals surface area contributed by atoms with Crippen LogP contribution >= 0.6 is 0 Å². The zero-order valence-corrected chi connectivity index (χ0v) is 36.8. The smallest absolute Gasteiger partial charge is 0.254 e. The highest BCUT2D eigenvalue weighted by molar-refractivity contribution is 6.02. The zero-order valence-electron chi connectivity index (χ0n) is 36.8. The molecule has 6 aromatic rings. The van der Waals surface area contributed by atoms with Crippen molar-refractivity contribution < 1.29 is 28.1 Å². The molecule has 2 amide bonds. The molecule has 0 unspecified atom stereocenters. The second-order valence-corrected chi connectivity index (χ2v) is 18.7. The van der Waals surface area contributed by atoms with E-state index in [1.54, 1.807) is 9.80 Å². The summed E-state index contributed by atoms with van der Waals surface area (Å²) in [5.74, 6) is 1.82. The third-order valence-corrected chi connectivity index (χ3v) is 11.4. The summed E-state index contributed by atoms with van der Waals surface area (Å²) in [6.45, 7) is 12.9. The molecule has 2 saturated heterocycles. The number of benzene rings is 4. The van der Waals surface area contributed by atoms with Gasteiger partial charge in [-0.2, -0.15) is 9.97 Å². The Morgan fingerprint density at radius 1 is 0.581 bits per heavy atom. The Kier molecular flexibility index (Phi) is 12.7. The summed E-state index contributed by atoms with van der Waals surface area (Å²) in [6.07, 6.45) is 5.65. The number of aromatic nitrogens is 4. The van der Waals surface area contributed by atoms with Gasteiger partial charge in [0, 0.05) is 49.9 Å². The van der Waals surface area contributed by atoms with Gasteiger partial charge >= 0.3 is 0 Å². The molecule has 4 aromatic carbocycles. The maximum Gasteiger partial charge on any atom is 0.254 e. The first-order valence-electron chi connectivity index (χ1n) is 22.0. The van der Waals surface area contributed by atoms with Gasteiger partial charge in [-0.15, -0.1) is 0 Å². The molecule has 0 radical (unpaired) electrons. The average Bonchev–Trinajstić information content (AvgIpc) is 4.07. The van der Waals surface area contributed by atoms with Gasteiger partial charge in [-0.25, -0.2) is 0 Å². The Bertz CT molecular complexity index is 2280. The van der Waals surface area contributed by atoms with Crippen molar-refractivity contribution in [3.05, 3.63) is 143 Å². The number of fused-ring (bicyclic) bond motifs is 1. The third kappa shape index (κ3) is 10.7. The first-order chi connectivity index (χ1) is 29.7. The Morgan fingerprint density at radius 3 is 1.37 bits per heavy atom. The van der Waals surface area contributed by atoms with Crippen molar-refractivity contribution in [3.63, 3.8) is 0 Å². The van der Waals surface area contributed by atoms with Gasteiger partial charge in [0.05, 0.1) is 23.4 Å². The number of hydrogen-bond donors (Lipinski definition) is 0. The maximum atomic E-state index is 14.4. The van der Waals surface area contributed by atoms with E-state index in [9.17, 15) is 9.59 Å². The van der Waals surface area contributed by atoms with E-state index in [2.05, 4.69) is 34.6 Å². The second-order valence-electron chi connectivity index (χ2n) is 18.7. The van der Waals surface area contributed by atoms with E-state index in [1.165, 1.54) is 11.1 Å². The van der Waals surface area contributed by atoms with Crippen LogP contribution in [-0.2, 0) is 35.2 Å². The van der Waals surface area contributed by atoms with Gasteiger partial charge in [0.25, 0.3) is 11.8 Å². The lowest BCUT2D eigenvalue weighted by Crippen LogP contribution is -2.34. The Labute approximate surface area is 364 Å². The molecule has 324 valence electrons. The summed E-state index contributed by atoms with van der Waals surface area (Å²) in [4.78, 5) is 41.9. The number of rotatable bonds is 14. The molecule has 0 saturated carbocycles. The lowest BCUT2D eigenvalue weighted by Gasteiger charge is -2.25. The SMILES string of the molecule is CC(C)(C)O[C@@H]1C[C@@H](c2nc(CCCc3ccccc3)no2)N(C(=O)c2ccc3cc(C(=O)N4C[C@H](OC(C)(C)C)C[C@H]4c4nc(CCCc5ccccc5)no4)ccc3c2)C1. The van der Waals surface area contributed by atoms with E-state index in [0.717, 1.165) is 36.5 Å². The minimum atomic E-state index is -0.426. The monoisotopic (exact) mass is 838 g/mol. The lowest BCUT2D eigenvalue weighted by atomic mass is 10.0. The molecule has 0 spiro atoms. The molecule has 0 aliphatic carbocycles. The highest BCUT2D eigenvalue weighted by Crippen LogP contribution is 2.38. The molecule has 0 N–H and O–H groups in total. The number of ether oxygens (including phenoxy) is 2. The maximum absolute atomic E-state index is 14.4. The predicted molar refractivity (Wildman–Crippen MR) is 236 cm³/mol. The van der Waals surface area contributed by atoms with Crippen LogP contribution in [0.1, 0.15) is 135 Å². The van der Waals surface area contributed by atoms with Gasteiger partial charge in [0.15, 0.2) is 11.6 Å². The standard InChI is InChI=1S/C50H58N6O6/c1-49(2,3)59-39-29-41(45-51-43(53-61-45)21-13-19-33-15-9-7-10-16-33)55(31-39)47(57)37-25-23-36-28-38(26-24-35(36)27-37)48(58)56-32-40(60-50(4,5)6)30-42(56)46-52-44(54-62-46)22-14-20-34-17-11-8-12-18-34/h7-12,15-18,23-28,39-42H,13-14,19-22,29-32H2,1-6H3/t39-,40-,41+,42+/m1/s1. The summed E-state index contributed by atoms with van der Waals surface area (Å²) in [5.41, 5.74) is 2.80. The summed E-state index contributed by atoms with van der Waals surface area (Å²) in [5, 5.41) is 10.3. The second kappa shape index (κ2) is 18.3. The topological polar surface area (TPSA) is 137 Å². The van der Waals surface area contributed by atoms with Crippen LogP contribution in [0.25, 0.3) is 10.8 Å². The van der Waals surface area contributed by atoms with Crippen molar-refractivity contribution >= 4 is 22.6 Å². The van der Waals surface area contributed by atoms with Gasteiger partial charge in [0.1, 0.15) is 12.1 Å². The van der Waals surface area contributed by atoms with Crippen molar-refractivity contribution in [2.45, 2.75) is 128 Å². The van der Waals surface area contributed by atoms with Crippen molar-refractivity contribution in [1.29, 1.82) is 0 Å². The van der Waals surface area contributed by atoms with Gasteiger partial charge in [-0.1, -0.05) is 83.1 Å². The van der Waals surface area contributed by atoms with Gasteiger partial charge < -0.3 is 28.3 Å². The largest absolute Gasteiger partial charge is 0.371 e. The van der Waals surface area contributed by atoms with Crippen LogP contribution in [0, 0.1) is 0 Å². The number of nitrogens with zero attached hydrogens (tertiary/aromatic N) is 6. The molecular weight excluding hydrogens is 781 g/mol. The van der Waals surface area contributed by atoms with Gasteiger partial charge in [-0.05, 0) is 113 Å². The van der Waals surface area contributed by atoms with E-state index in [-0.39, 0.29) is 24.0 Å². The van der Waals surface area contributed by atoms with Crippen molar-refractivity contribution in [1.82, 2.24) is 30.1 Å². The molecule has 2 aliphatic heterocycles. The van der Waals surface area contributed by atoms with Gasteiger partial charge in [-0.3, -0.25) is 9.59 Å².